The first-order valence-electron chi connectivity index (χ1n) is 16.3. The Morgan fingerprint density at radius 2 is 0.833 bits per heavy atom. The van der Waals surface area contributed by atoms with E-state index in [1.54, 1.807) is 0 Å². The fourth-order valence-corrected chi connectivity index (χ4v) is 6.58. The summed E-state index contributed by atoms with van der Waals surface area (Å²) < 4.78 is 36.8. The van der Waals surface area contributed by atoms with Gasteiger partial charge >= 0.3 is 0 Å². The van der Waals surface area contributed by atoms with Crippen LogP contribution >= 0.6 is 0 Å². The van der Waals surface area contributed by atoms with Gasteiger partial charge in [0.2, 0.25) is 0 Å². The highest BCUT2D eigenvalue weighted by Crippen LogP contribution is 2.38. The van der Waals surface area contributed by atoms with E-state index in [9.17, 15) is 5.48 Å². The Hall–Kier alpha value is -5.46. The summed E-state index contributed by atoms with van der Waals surface area (Å²) in [6.07, 6.45) is 0. The van der Waals surface area contributed by atoms with Gasteiger partial charge in [0.15, 0.2) is 0 Å². The van der Waals surface area contributed by atoms with Crippen molar-refractivity contribution in [1.29, 1.82) is 0 Å². The molecule has 0 radical (unpaired) electrons. The second-order valence-electron chi connectivity index (χ2n) is 11.0. The van der Waals surface area contributed by atoms with Gasteiger partial charge < -0.3 is 0 Å². The number of hydrogen-bond acceptors (Lipinski definition) is 0. The summed E-state index contributed by atoms with van der Waals surface area (Å²) in [5.74, 6) is 0. The summed E-state index contributed by atoms with van der Waals surface area (Å²) in [6.45, 7) is 0. The van der Waals surface area contributed by atoms with E-state index >= 15 is 0 Å². The predicted octanol–water partition coefficient (Wildman–Crippen LogP) is 11.9. The van der Waals surface area contributed by atoms with E-state index < -0.39 is 0 Å². The molecule has 9 aromatic rings. The van der Waals surface area contributed by atoms with Crippen LogP contribution in [0.5, 0.6) is 0 Å². The predicted molar refractivity (Wildman–Crippen MR) is 182 cm³/mol. The van der Waals surface area contributed by atoms with Gasteiger partial charge in [0.1, 0.15) is 0 Å². The molecular formula is C42H26. The first-order chi connectivity index (χ1) is 22.5. The van der Waals surface area contributed by atoms with E-state index in [1.165, 1.54) is 16.2 Å². The molecule has 0 aliphatic heterocycles. The van der Waals surface area contributed by atoms with Gasteiger partial charge in [0.25, 0.3) is 0 Å². The summed E-state index contributed by atoms with van der Waals surface area (Å²) in [4.78, 5) is 0. The molecule has 0 nitrogen and oxygen atoms in total. The molecule has 0 fully saturated rings. The SMILES string of the molecule is [2H]c1c([2H])c(-c2cc3cc4ccccc4cc3c3ccccc23)c([2H])c([2H])c1-c1ccc2c(ccc3c4ccccc4ccc23)c1. The maximum absolute atomic E-state index is 9.23. The van der Waals surface area contributed by atoms with Crippen LogP contribution in [0.25, 0.3) is 86.9 Å². The van der Waals surface area contributed by atoms with Crippen molar-refractivity contribution in [2.45, 2.75) is 0 Å². The van der Waals surface area contributed by atoms with Crippen LogP contribution in [-0.4, -0.2) is 0 Å². The third-order valence-corrected chi connectivity index (χ3v) is 8.65. The Balaban J connectivity index is 1.25. The lowest BCUT2D eigenvalue weighted by molar-refractivity contribution is 1.63. The molecule has 0 amide bonds. The molecule has 9 aromatic carbocycles. The van der Waals surface area contributed by atoms with Crippen molar-refractivity contribution in [3.05, 3.63) is 158 Å². The van der Waals surface area contributed by atoms with Gasteiger partial charge in [-0.3, -0.25) is 0 Å². The second-order valence-corrected chi connectivity index (χ2v) is 11.0. The van der Waals surface area contributed by atoms with Crippen LogP contribution < -0.4 is 0 Å². The first kappa shape index (κ1) is 19.6. The van der Waals surface area contributed by atoms with Crippen molar-refractivity contribution in [3.63, 3.8) is 0 Å². The van der Waals surface area contributed by atoms with Gasteiger partial charge in [-0.1, -0.05) is 133 Å². The third-order valence-electron chi connectivity index (χ3n) is 8.65. The summed E-state index contributed by atoms with van der Waals surface area (Å²) in [7, 11) is 0. The lowest BCUT2D eigenvalue weighted by Gasteiger charge is -2.13. The summed E-state index contributed by atoms with van der Waals surface area (Å²) >= 11 is 0. The maximum Gasteiger partial charge on any atom is 0.0629 e. The van der Waals surface area contributed by atoms with Gasteiger partial charge in [-0.25, -0.2) is 0 Å². The number of benzene rings is 9. The lowest BCUT2D eigenvalue weighted by Crippen LogP contribution is -1.86. The van der Waals surface area contributed by atoms with Crippen molar-refractivity contribution in [1.82, 2.24) is 0 Å². The average Bonchev–Trinajstić information content (AvgIpc) is 3.10. The molecule has 194 valence electrons. The smallest absolute Gasteiger partial charge is 0.0616 e. The molecule has 0 N–H and O–H groups in total. The molecule has 0 unspecified atom stereocenters. The molecule has 0 aliphatic rings. The van der Waals surface area contributed by atoms with Gasteiger partial charge in [0, 0.05) is 0 Å². The van der Waals surface area contributed by atoms with E-state index in [0.717, 1.165) is 48.5 Å². The minimum absolute atomic E-state index is 0.0358. The van der Waals surface area contributed by atoms with Crippen LogP contribution in [0.2, 0.25) is 0 Å². The highest BCUT2D eigenvalue weighted by molar-refractivity contribution is 6.18. The summed E-state index contributed by atoms with van der Waals surface area (Å²) in [6, 6.07) is 45.4. The molecule has 0 saturated heterocycles. The quantitative estimate of drug-likeness (QED) is 0.153. The Morgan fingerprint density at radius 1 is 0.286 bits per heavy atom. The molecule has 42 heavy (non-hydrogen) atoms. The van der Waals surface area contributed by atoms with Crippen LogP contribution in [0.15, 0.2) is 158 Å². The van der Waals surface area contributed by atoms with E-state index in [2.05, 4.69) is 78.9 Å². The molecular weight excluding hydrogens is 504 g/mol. The molecule has 0 saturated carbocycles. The van der Waals surface area contributed by atoms with Gasteiger partial charge in [-0.05, 0) is 111 Å². The van der Waals surface area contributed by atoms with Crippen molar-refractivity contribution >= 4 is 64.6 Å². The van der Waals surface area contributed by atoms with E-state index in [-0.39, 0.29) is 24.2 Å². The third kappa shape index (κ3) is 3.56. The lowest BCUT2D eigenvalue weighted by atomic mass is 9.91. The minimum Gasteiger partial charge on any atom is -0.0616 e. The zero-order chi connectivity index (χ0) is 31.1. The molecule has 0 aliphatic carbocycles. The Bertz CT molecular complexity index is 2710. The van der Waals surface area contributed by atoms with Crippen LogP contribution in [0.1, 0.15) is 5.48 Å². The molecule has 0 bridgehead atoms. The second kappa shape index (κ2) is 9.03. The van der Waals surface area contributed by atoms with Crippen molar-refractivity contribution in [3.8, 4) is 22.3 Å². The standard InChI is InChI=1S/C42H26/c1-2-9-31-25-42-34(24-30(31)8-1)26-41(37-11-5-6-12-38(37)42)29-15-13-27(14-16-29)32-18-20-36-33(23-32)19-22-39-35-10-4-3-7-28(35)17-21-40(36)39/h1-26H/i13D,14D,15D,16D. The van der Waals surface area contributed by atoms with E-state index in [4.69, 9.17) is 0 Å². The van der Waals surface area contributed by atoms with Gasteiger partial charge in [0.05, 0.1) is 5.48 Å². The molecule has 0 heterocycles. The topological polar surface area (TPSA) is 0 Å². The van der Waals surface area contributed by atoms with Crippen LogP contribution in [-0.2, 0) is 0 Å². The molecule has 0 heteroatoms. The van der Waals surface area contributed by atoms with Gasteiger partial charge in [-0.2, -0.15) is 0 Å². The first-order valence-corrected chi connectivity index (χ1v) is 14.3. The van der Waals surface area contributed by atoms with E-state index in [0.29, 0.717) is 22.3 Å². The fourth-order valence-electron chi connectivity index (χ4n) is 6.58. The molecule has 0 atom stereocenters. The molecule has 9 rings (SSSR count). The Labute approximate surface area is 249 Å². The van der Waals surface area contributed by atoms with Crippen LogP contribution in [0.3, 0.4) is 0 Å². The van der Waals surface area contributed by atoms with Crippen molar-refractivity contribution in [2.75, 3.05) is 0 Å². The summed E-state index contributed by atoms with van der Waals surface area (Å²) in [5, 5.41) is 13.1. The van der Waals surface area contributed by atoms with Crippen molar-refractivity contribution in [2.24, 2.45) is 0 Å². The van der Waals surface area contributed by atoms with Crippen LogP contribution in [0, 0.1) is 0 Å². The monoisotopic (exact) mass is 534 g/mol. The Kier molecular flexibility index (Phi) is 4.21. The molecule has 0 aromatic heterocycles. The fraction of sp³-hybridized carbons (Fsp3) is 0. The van der Waals surface area contributed by atoms with E-state index in [1.807, 2.05) is 54.6 Å². The Morgan fingerprint density at radius 3 is 1.62 bits per heavy atom. The number of rotatable bonds is 2. The molecule has 0 spiro atoms. The highest BCUT2D eigenvalue weighted by atomic mass is 14.1. The highest BCUT2D eigenvalue weighted by Gasteiger charge is 2.11. The van der Waals surface area contributed by atoms with Crippen molar-refractivity contribution < 1.29 is 5.48 Å². The average molecular weight is 535 g/mol. The zero-order valence-corrected chi connectivity index (χ0v) is 22.7. The zero-order valence-electron chi connectivity index (χ0n) is 26.7. The summed E-state index contributed by atoms with van der Waals surface area (Å²) in [5.41, 5.74) is 2.02. The largest absolute Gasteiger partial charge is 0.0629 e. The maximum atomic E-state index is 9.23. The van der Waals surface area contributed by atoms with Crippen LogP contribution in [0.4, 0.5) is 0 Å². The minimum atomic E-state index is -0.0372. The van der Waals surface area contributed by atoms with Gasteiger partial charge in [-0.15, -0.1) is 0 Å². The number of fused-ring (bicyclic) bond motifs is 9. The normalized spacial score (nSPS) is 13.1. The number of hydrogen-bond donors (Lipinski definition) is 0.